The van der Waals surface area contributed by atoms with Gasteiger partial charge in [0.1, 0.15) is 17.6 Å². The molecule has 2 amide bonds. The zero-order valence-electron chi connectivity index (χ0n) is 18.9. The number of carbonyl (C=O) groups is 2. The van der Waals surface area contributed by atoms with E-state index in [1.54, 1.807) is 30.3 Å². The molecule has 1 aliphatic heterocycles. The van der Waals surface area contributed by atoms with Crippen LogP contribution >= 0.6 is 11.6 Å². The third kappa shape index (κ3) is 5.56. The first-order valence-corrected chi connectivity index (χ1v) is 11.4. The summed E-state index contributed by atoms with van der Waals surface area (Å²) in [6.45, 7) is 3.80. The molecule has 2 N–H and O–H groups in total. The molecule has 0 unspecified atom stereocenters. The van der Waals surface area contributed by atoms with Crippen LogP contribution in [-0.2, 0) is 4.79 Å². The minimum absolute atomic E-state index is 0.129. The van der Waals surface area contributed by atoms with Gasteiger partial charge in [-0.3, -0.25) is 9.59 Å². The molecule has 3 aromatic rings. The summed E-state index contributed by atoms with van der Waals surface area (Å²) < 4.78 is 6.01. The molecule has 0 saturated heterocycles. The summed E-state index contributed by atoms with van der Waals surface area (Å²) in [7, 11) is 0. The Morgan fingerprint density at radius 3 is 2.38 bits per heavy atom. The molecular formula is C28H25ClN2O3. The first-order chi connectivity index (χ1) is 16.4. The van der Waals surface area contributed by atoms with E-state index < -0.39 is 11.8 Å². The van der Waals surface area contributed by atoms with Crippen LogP contribution in [0.3, 0.4) is 0 Å². The second kappa shape index (κ2) is 10.4. The maximum absolute atomic E-state index is 13.3. The molecule has 34 heavy (non-hydrogen) atoms. The summed E-state index contributed by atoms with van der Waals surface area (Å²) in [5.41, 5.74) is 3.16. The Bertz CT molecular complexity index is 1250. The molecular weight excluding hydrogens is 448 g/mol. The van der Waals surface area contributed by atoms with Crippen molar-refractivity contribution in [1.82, 2.24) is 10.6 Å². The molecule has 5 nitrogen and oxygen atoms in total. The average molecular weight is 473 g/mol. The average Bonchev–Trinajstić information content (AvgIpc) is 2.84. The van der Waals surface area contributed by atoms with Crippen molar-refractivity contribution in [2.75, 3.05) is 0 Å². The zero-order valence-corrected chi connectivity index (χ0v) is 19.7. The lowest BCUT2D eigenvalue weighted by atomic mass is 10.0. The Labute approximate surface area is 204 Å². The molecule has 0 radical (unpaired) electrons. The summed E-state index contributed by atoms with van der Waals surface area (Å²) in [6, 6.07) is 23.6. The fourth-order valence-corrected chi connectivity index (χ4v) is 3.77. The van der Waals surface area contributed by atoms with Gasteiger partial charge in [0.15, 0.2) is 0 Å². The monoisotopic (exact) mass is 472 g/mol. The van der Waals surface area contributed by atoms with Crippen LogP contribution in [0.25, 0.3) is 6.08 Å². The van der Waals surface area contributed by atoms with E-state index in [1.165, 1.54) is 0 Å². The highest BCUT2D eigenvalue weighted by Crippen LogP contribution is 2.30. The van der Waals surface area contributed by atoms with Gasteiger partial charge >= 0.3 is 0 Å². The van der Waals surface area contributed by atoms with E-state index >= 15 is 0 Å². The SMILES string of the molecule is C[C@@H]1Oc2ccccc2C=C1/C=C(\NC(=O)c1ccc(Cl)cc1)C(=O)N[C@@H](C)c1ccccc1. The Balaban J connectivity index is 1.64. The van der Waals surface area contributed by atoms with Crippen LogP contribution in [0.5, 0.6) is 5.75 Å². The van der Waals surface area contributed by atoms with Crippen molar-refractivity contribution in [3.63, 3.8) is 0 Å². The maximum atomic E-state index is 13.3. The highest BCUT2D eigenvalue weighted by molar-refractivity contribution is 6.30. The zero-order chi connectivity index (χ0) is 24.1. The Hall–Kier alpha value is -3.83. The van der Waals surface area contributed by atoms with E-state index in [-0.39, 0.29) is 17.8 Å². The second-order valence-corrected chi connectivity index (χ2v) is 8.50. The van der Waals surface area contributed by atoms with Crippen LogP contribution in [0.1, 0.15) is 41.4 Å². The highest BCUT2D eigenvalue weighted by Gasteiger charge is 2.22. The molecule has 0 saturated carbocycles. The quantitative estimate of drug-likeness (QED) is 0.452. The van der Waals surface area contributed by atoms with Gasteiger partial charge in [0.2, 0.25) is 0 Å². The second-order valence-electron chi connectivity index (χ2n) is 8.07. The van der Waals surface area contributed by atoms with Gasteiger partial charge in [0.05, 0.1) is 6.04 Å². The van der Waals surface area contributed by atoms with Crippen molar-refractivity contribution in [1.29, 1.82) is 0 Å². The highest BCUT2D eigenvalue weighted by atomic mass is 35.5. The van der Waals surface area contributed by atoms with E-state index in [4.69, 9.17) is 16.3 Å². The largest absolute Gasteiger partial charge is 0.485 e. The molecule has 4 rings (SSSR count). The van der Waals surface area contributed by atoms with Gasteiger partial charge in [-0.2, -0.15) is 0 Å². The van der Waals surface area contributed by atoms with Crippen molar-refractivity contribution in [3.8, 4) is 5.75 Å². The predicted molar refractivity (Wildman–Crippen MR) is 135 cm³/mol. The van der Waals surface area contributed by atoms with Crippen LogP contribution in [0.15, 0.2) is 96.2 Å². The number of para-hydroxylation sites is 1. The lowest BCUT2D eigenvalue weighted by Crippen LogP contribution is -2.36. The van der Waals surface area contributed by atoms with Crippen molar-refractivity contribution < 1.29 is 14.3 Å². The Morgan fingerprint density at radius 1 is 0.971 bits per heavy atom. The van der Waals surface area contributed by atoms with Gasteiger partial charge in [-0.25, -0.2) is 0 Å². The summed E-state index contributed by atoms with van der Waals surface area (Å²) in [4.78, 5) is 26.2. The molecule has 6 heteroatoms. The lowest BCUT2D eigenvalue weighted by molar-refractivity contribution is -0.118. The Morgan fingerprint density at radius 2 is 1.65 bits per heavy atom. The molecule has 172 valence electrons. The van der Waals surface area contributed by atoms with Crippen molar-refractivity contribution in [2.24, 2.45) is 0 Å². The number of amides is 2. The van der Waals surface area contributed by atoms with Crippen LogP contribution in [0.4, 0.5) is 0 Å². The summed E-state index contributed by atoms with van der Waals surface area (Å²) in [5.74, 6) is -0.0255. The number of ether oxygens (including phenoxy) is 1. The third-order valence-corrected chi connectivity index (χ3v) is 5.82. The molecule has 3 aromatic carbocycles. The number of carbonyl (C=O) groups excluding carboxylic acids is 2. The number of hydrogen-bond donors (Lipinski definition) is 2. The van der Waals surface area contributed by atoms with E-state index in [0.29, 0.717) is 10.6 Å². The fourth-order valence-electron chi connectivity index (χ4n) is 3.64. The Kier molecular flexibility index (Phi) is 7.14. The molecule has 1 heterocycles. The van der Waals surface area contributed by atoms with Gasteiger partial charge in [-0.05, 0) is 67.5 Å². The first-order valence-electron chi connectivity index (χ1n) is 11.0. The fraction of sp³-hybridized carbons (Fsp3) is 0.143. The van der Waals surface area contributed by atoms with Crippen LogP contribution in [0.2, 0.25) is 5.02 Å². The molecule has 0 aliphatic carbocycles. The van der Waals surface area contributed by atoms with E-state index in [0.717, 1.165) is 22.4 Å². The van der Waals surface area contributed by atoms with Gasteiger partial charge < -0.3 is 15.4 Å². The minimum atomic E-state index is -0.407. The number of rotatable bonds is 6. The van der Waals surface area contributed by atoms with Crippen LogP contribution in [0, 0.1) is 0 Å². The van der Waals surface area contributed by atoms with E-state index in [9.17, 15) is 9.59 Å². The number of hydrogen-bond acceptors (Lipinski definition) is 3. The summed E-state index contributed by atoms with van der Waals surface area (Å²) in [6.07, 6.45) is 3.34. The van der Waals surface area contributed by atoms with Crippen LogP contribution < -0.4 is 15.4 Å². The van der Waals surface area contributed by atoms with Crippen LogP contribution in [-0.4, -0.2) is 17.9 Å². The summed E-state index contributed by atoms with van der Waals surface area (Å²) >= 11 is 5.95. The lowest BCUT2D eigenvalue weighted by Gasteiger charge is -2.24. The van der Waals surface area contributed by atoms with Gasteiger partial charge in [-0.1, -0.05) is 60.1 Å². The van der Waals surface area contributed by atoms with Gasteiger partial charge in [0, 0.05) is 16.1 Å². The van der Waals surface area contributed by atoms with E-state index in [2.05, 4.69) is 10.6 Å². The molecule has 0 spiro atoms. The van der Waals surface area contributed by atoms with Crippen molar-refractivity contribution in [3.05, 3.63) is 118 Å². The minimum Gasteiger partial charge on any atom is -0.485 e. The van der Waals surface area contributed by atoms with Gasteiger partial charge in [-0.15, -0.1) is 0 Å². The molecule has 0 fully saturated rings. The molecule has 2 atom stereocenters. The normalized spacial score (nSPS) is 15.9. The summed E-state index contributed by atoms with van der Waals surface area (Å²) in [5, 5.41) is 6.27. The number of nitrogens with one attached hydrogen (secondary N) is 2. The predicted octanol–water partition coefficient (Wildman–Crippen LogP) is 5.70. The standard InChI is InChI=1S/C28H25ClN2O3/c1-18(20-8-4-3-5-9-20)30-28(33)25(31-27(32)21-12-14-24(29)15-13-21)17-23-16-22-10-6-7-11-26(22)34-19(23)2/h3-19H,1-2H3,(H,30,33)(H,31,32)/b25-17-/t18-,19-/m0/s1. The first kappa shape index (κ1) is 23.3. The number of benzene rings is 3. The van der Waals surface area contributed by atoms with Crippen molar-refractivity contribution >= 4 is 29.5 Å². The number of halogens is 1. The van der Waals surface area contributed by atoms with Gasteiger partial charge in [0.25, 0.3) is 11.8 Å². The molecule has 1 aliphatic rings. The molecule has 0 bridgehead atoms. The van der Waals surface area contributed by atoms with Crippen molar-refractivity contribution in [2.45, 2.75) is 26.0 Å². The topological polar surface area (TPSA) is 67.4 Å². The number of fused-ring (bicyclic) bond motifs is 1. The molecule has 0 aromatic heterocycles. The smallest absolute Gasteiger partial charge is 0.268 e. The third-order valence-electron chi connectivity index (χ3n) is 5.57. The van der Waals surface area contributed by atoms with E-state index in [1.807, 2.05) is 74.5 Å². The maximum Gasteiger partial charge on any atom is 0.268 e.